The van der Waals surface area contributed by atoms with E-state index in [0.29, 0.717) is 25.0 Å². The number of carbonyl (C=O) groups is 3. The number of amides is 3. The normalized spacial score (nSPS) is 27.0. The molecule has 2 aliphatic heterocycles. The second-order valence-corrected chi connectivity index (χ2v) is 8.69. The van der Waals surface area contributed by atoms with Gasteiger partial charge in [0.05, 0.1) is 35.8 Å². The van der Waals surface area contributed by atoms with Crippen molar-refractivity contribution in [2.75, 3.05) is 13.6 Å². The molecule has 32 heavy (non-hydrogen) atoms. The number of urea groups is 1. The van der Waals surface area contributed by atoms with Crippen LogP contribution in [-0.2, 0) is 16.0 Å². The summed E-state index contributed by atoms with van der Waals surface area (Å²) < 4.78 is 0. The average Bonchev–Trinajstić information content (AvgIpc) is 3.04. The van der Waals surface area contributed by atoms with Gasteiger partial charge in [-0.2, -0.15) is 0 Å². The van der Waals surface area contributed by atoms with Crippen molar-refractivity contribution in [1.29, 1.82) is 0 Å². The van der Waals surface area contributed by atoms with Crippen LogP contribution < -0.4 is 40.0 Å². The number of carboxylic acids is 1. The number of aliphatic carboxylic acids is 1. The number of rotatable bonds is 6. The van der Waals surface area contributed by atoms with E-state index in [2.05, 4.69) is 5.32 Å². The van der Waals surface area contributed by atoms with Gasteiger partial charge in [0.15, 0.2) is 0 Å². The second-order valence-electron chi connectivity index (χ2n) is 8.69. The van der Waals surface area contributed by atoms with E-state index in [1.165, 1.54) is 4.90 Å². The molecule has 0 bridgehead atoms. The van der Waals surface area contributed by atoms with E-state index in [4.69, 9.17) is 0 Å². The Kier molecular flexibility index (Phi) is 7.70. The number of aliphatic hydroxyl groups is 1. The summed E-state index contributed by atoms with van der Waals surface area (Å²) in [7, 11) is 1.66. The van der Waals surface area contributed by atoms with Crippen LogP contribution in [0.25, 0.3) is 0 Å². The zero-order valence-corrected chi connectivity index (χ0v) is 20.8. The topological polar surface area (TPSA) is 113 Å². The largest absolute Gasteiger partial charge is 1.00 e. The Morgan fingerprint density at radius 3 is 2.59 bits per heavy atom. The summed E-state index contributed by atoms with van der Waals surface area (Å²) in [5.74, 6) is -2.57. The first kappa shape index (κ1) is 24.8. The first-order chi connectivity index (χ1) is 14.8. The molecule has 8 nitrogen and oxygen atoms in total. The molecule has 0 aromatic heterocycles. The SMILES string of the molecule is CC(O)[C@H]1C(=O)N2C(C(=O)[O-])=C3[C@H](CCC[C@@H]3N(C)C(=O)NCCc3ccccc3)[C@H]12.[Na+]. The van der Waals surface area contributed by atoms with Crippen molar-refractivity contribution < 1.29 is 54.2 Å². The predicted molar refractivity (Wildman–Crippen MR) is 110 cm³/mol. The summed E-state index contributed by atoms with van der Waals surface area (Å²) in [5, 5.41) is 25.0. The van der Waals surface area contributed by atoms with Crippen molar-refractivity contribution in [3.05, 3.63) is 47.2 Å². The molecule has 1 aliphatic carbocycles. The molecule has 1 unspecified atom stereocenters. The number of nitrogens with one attached hydrogen (secondary N) is 1. The van der Waals surface area contributed by atoms with E-state index in [1.807, 2.05) is 30.3 Å². The first-order valence-corrected chi connectivity index (χ1v) is 10.8. The van der Waals surface area contributed by atoms with Crippen LogP contribution in [0.3, 0.4) is 0 Å². The van der Waals surface area contributed by atoms with Crippen molar-refractivity contribution in [1.82, 2.24) is 15.1 Å². The number of benzene rings is 1. The molecule has 4 rings (SSSR count). The van der Waals surface area contributed by atoms with E-state index < -0.39 is 24.0 Å². The maximum atomic E-state index is 12.8. The summed E-state index contributed by atoms with van der Waals surface area (Å²) in [4.78, 5) is 40.2. The number of hydrogen-bond donors (Lipinski definition) is 2. The van der Waals surface area contributed by atoms with Crippen LogP contribution >= 0.6 is 0 Å². The minimum Gasteiger partial charge on any atom is -0.543 e. The number of hydrogen-bond acceptors (Lipinski definition) is 5. The van der Waals surface area contributed by atoms with Gasteiger partial charge in [-0.15, -0.1) is 0 Å². The van der Waals surface area contributed by atoms with Crippen LogP contribution in [0.2, 0.25) is 0 Å². The summed E-state index contributed by atoms with van der Waals surface area (Å²) in [6, 6.07) is 8.77. The van der Waals surface area contributed by atoms with Gasteiger partial charge in [-0.05, 0) is 37.3 Å². The standard InChI is InChI=1S/C23H29N3O5.Na/c1-13(27)17-19-15-9-6-10-16(18(15)20(22(29)30)26(19)21(17)28)25(2)23(31)24-12-11-14-7-4-3-5-8-14;/h3-5,7-8,13,15-17,19,27H,6,9-12H2,1-2H3,(H,24,31)(H,29,30);/q;+1/p-1/t13?,15-,16-,17+,19+;/m0./s1. The molecule has 1 aromatic carbocycles. The van der Waals surface area contributed by atoms with Gasteiger partial charge < -0.3 is 30.1 Å². The summed E-state index contributed by atoms with van der Waals surface area (Å²) in [5.41, 5.74) is 1.60. The number of carboxylic acid groups (broad SMARTS) is 1. The molecule has 1 aromatic rings. The minimum atomic E-state index is -1.40. The summed E-state index contributed by atoms with van der Waals surface area (Å²) >= 11 is 0. The monoisotopic (exact) mass is 449 g/mol. The fourth-order valence-corrected chi connectivity index (χ4v) is 5.47. The van der Waals surface area contributed by atoms with Crippen LogP contribution in [0.1, 0.15) is 31.7 Å². The molecule has 1 saturated heterocycles. The van der Waals surface area contributed by atoms with Crippen LogP contribution in [-0.4, -0.2) is 64.6 Å². The smallest absolute Gasteiger partial charge is 0.543 e. The van der Waals surface area contributed by atoms with Crippen molar-refractivity contribution in [3.8, 4) is 0 Å². The fourth-order valence-electron chi connectivity index (χ4n) is 5.47. The number of carbonyl (C=O) groups excluding carboxylic acids is 3. The fraction of sp³-hybridized carbons (Fsp3) is 0.522. The van der Waals surface area contributed by atoms with Gasteiger partial charge in [0, 0.05) is 19.5 Å². The van der Waals surface area contributed by atoms with Crippen LogP contribution in [0.4, 0.5) is 4.79 Å². The zero-order valence-electron chi connectivity index (χ0n) is 18.8. The summed E-state index contributed by atoms with van der Waals surface area (Å²) in [6.45, 7) is 2.02. The Labute approximate surface area is 209 Å². The molecular weight excluding hydrogens is 421 g/mol. The molecular formula is C23H28N3NaO5. The van der Waals surface area contributed by atoms with E-state index >= 15 is 0 Å². The van der Waals surface area contributed by atoms with Crippen molar-refractivity contribution in [2.45, 2.75) is 50.8 Å². The van der Waals surface area contributed by atoms with Crippen molar-refractivity contribution in [2.24, 2.45) is 11.8 Å². The zero-order chi connectivity index (χ0) is 22.3. The third-order valence-corrected chi connectivity index (χ3v) is 6.90. The van der Waals surface area contributed by atoms with E-state index in [1.54, 1.807) is 18.9 Å². The Balaban J connectivity index is 0.00000289. The van der Waals surface area contributed by atoms with Crippen molar-refractivity contribution >= 4 is 17.9 Å². The molecule has 3 aliphatic rings. The van der Waals surface area contributed by atoms with Gasteiger partial charge in [0.1, 0.15) is 0 Å². The van der Waals surface area contributed by atoms with Gasteiger partial charge >= 0.3 is 35.6 Å². The van der Waals surface area contributed by atoms with E-state index in [-0.39, 0.29) is 59.2 Å². The Morgan fingerprint density at radius 2 is 1.97 bits per heavy atom. The van der Waals surface area contributed by atoms with Gasteiger partial charge in [0.25, 0.3) is 0 Å². The van der Waals surface area contributed by atoms with Gasteiger partial charge in [-0.3, -0.25) is 4.79 Å². The van der Waals surface area contributed by atoms with Gasteiger partial charge in [-0.1, -0.05) is 36.8 Å². The number of aliphatic hydroxyl groups excluding tert-OH is 1. The first-order valence-electron chi connectivity index (χ1n) is 10.8. The number of likely N-dealkylation sites (N-methyl/N-ethyl adjacent to an activating group) is 1. The summed E-state index contributed by atoms with van der Waals surface area (Å²) in [6.07, 6.45) is 2.01. The molecule has 1 saturated carbocycles. The number of β-lactam (4-membered cyclic amide) rings is 1. The van der Waals surface area contributed by atoms with Crippen molar-refractivity contribution in [3.63, 3.8) is 0 Å². The quantitative estimate of drug-likeness (QED) is 0.362. The molecule has 0 radical (unpaired) electrons. The molecule has 5 atom stereocenters. The average molecular weight is 449 g/mol. The maximum absolute atomic E-state index is 12.8. The molecule has 0 spiro atoms. The Morgan fingerprint density at radius 1 is 1.28 bits per heavy atom. The number of fused-ring (bicyclic) bond motifs is 3. The molecule has 9 heteroatoms. The van der Waals surface area contributed by atoms with E-state index in [9.17, 15) is 24.6 Å². The second kappa shape index (κ2) is 9.95. The van der Waals surface area contributed by atoms with Crippen LogP contribution in [0.5, 0.6) is 0 Å². The molecule has 3 amide bonds. The predicted octanol–water partition coefficient (Wildman–Crippen LogP) is -2.73. The Hall–Kier alpha value is -1.87. The van der Waals surface area contributed by atoms with Crippen LogP contribution in [0, 0.1) is 11.8 Å². The molecule has 2 N–H and O–H groups in total. The van der Waals surface area contributed by atoms with Gasteiger partial charge in [0.2, 0.25) is 5.91 Å². The van der Waals surface area contributed by atoms with Gasteiger partial charge in [-0.25, -0.2) is 4.79 Å². The third kappa shape index (κ3) is 4.21. The molecule has 2 heterocycles. The third-order valence-electron chi connectivity index (χ3n) is 6.90. The van der Waals surface area contributed by atoms with Crippen LogP contribution in [0.15, 0.2) is 41.6 Å². The molecule has 166 valence electrons. The minimum absolute atomic E-state index is 0. The Bertz CT molecular complexity index is 919. The number of nitrogens with zero attached hydrogens (tertiary/aromatic N) is 2. The maximum Gasteiger partial charge on any atom is 1.00 e. The molecule has 2 fully saturated rings. The van der Waals surface area contributed by atoms with E-state index in [0.717, 1.165) is 18.4 Å².